The van der Waals surface area contributed by atoms with Gasteiger partial charge in [-0.15, -0.1) is 0 Å². The molecule has 5 N–H and O–H groups in total. The molecule has 0 heterocycles. The minimum atomic E-state index is -0.648. The van der Waals surface area contributed by atoms with Gasteiger partial charge in [0.25, 0.3) is 0 Å². The fourth-order valence-corrected chi connectivity index (χ4v) is 2.14. The van der Waals surface area contributed by atoms with Crippen molar-refractivity contribution in [1.82, 2.24) is 0 Å². The number of hydrogen-bond donors (Lipinski definition) is 3. The van der Waals surface area contributed by atoms with Gasteiger partial charge in [-0.25, -0.2) is 4.39 Å². The highest BCUT2D eigenvalue weighted by Crippen LogP contribution is 2.35. The fourth-order valence-electron chi connectivity index (χ4n) is 1.86. The van der Waals surface area contributed by atoms with Crippen LogP contribution in [0.3, 0.4) is 0 Å². The van der Waals surface area contributed by atoms with Gasteiger partial charge in [0.1, 0.15) is 5.02 Å². The van der Waals surface area contributed by atoms with Crippen molar-refractivity contribution in [2.75, 3.05) is 16.8 Å². The van der Waals surface area contributed by atoms with E-state index in [1.54, 1.807) is 12.1 Å². The molecule has 0 saturated heterocycles. The molecule has 0 fully saturated rings. The van der Waals surface area contributed by atoms with Gasteiger partial charge in [0, 0.05) is 11.1 Å². The molecule has 2 aromatic carbocycles. The van der Waals surface area contributed by atoms with Gasteiger partial charge in [-0.3, -0.25) is 0 Å². The van der Waals surface area contributed by atoms with E-state index in [2.05, 4.69) is 5.32 Å². The summed E-state index contributed by atoms with van der Waals surface area (Å²) in [6.07, 6.45) is 0. The van der Waals surface area contributed by atoms with E-state index >= 15 is 0 Å². The van der Waals surface area contributed by atoms with Gasteiger partial charge < -0.3 is 16.8 Å². The zero-order chi connectivity index (χ0) is 14.9. The Morgan fingerprint density at radius 2 is 1.70 bits per heavy atom. The van der Waals surface area contributed by atoms with Crippen molar-refractivity contribution in [3.63, 3.8) is 0 Å². The van der Waals surface area contributed by atoms with Crippen LogP contribution in [0, 0.1) is 5.82 Å². The van der Waals surface area contributed by atoms with Gasteiger partial charge in [0.15, 0.2) is 5.82 Å². The highest BCUT2D eigenvalue weighted by molar-refractivity contribution is 6.33. The lowest BCUT2D eigenvalue weighted by Crippen LogP contribution is -2.11. The molecule has 0 aliphatic carbocycles. The summed E-state index contributed by atoms with van der Waals surface area (Å²) >= 11 is 11.6. The van der Waals surface area contributed by atoms with Crippen molar-refractivity contribution in [3.8, 4) is 0 Å². The van der Waals surface area contributed by atoms with E-state index in [0.29, 0.717) is 5.02 Å². The average Bonchev–Trinajstić information content (AvgIpc) is 2.42. The standard InChI is InChI=1S/C14H14Cl2FN3/c1-7(8-2-4-9(15)5-3-8)20-14-11(19)6-10(18)12(16)13(14)17/h2-7,20H,18-19H2,1H3. The van der Waals surface area contributed by atoms with Crippen LogP contribution in [0.4, 0.5) is 21.5 Å². The van der Waals surface area contributed by atoms with Crippen molar-refractivity contribution in [2.45, 2.75) is 13.0 Å². The van der Waals surface area contributed by atoms with E-state index in [9.17, 15) is 4.39 Å². The number of rotatable bonds is 3. The Hall–Kier alpha value is -1.65. The first kappa shape index (κ1) is 14.8. The van der Waals surface area contributed by atoms with E-state index < -0.39 is 5.82 Å². The van der Waals surface area contributed by atoms with Crippen LogP contribution in [0.2, 0.25) is 10.0 Å². The van der Waals surface area contributed by atoms with Crippen LogP contribution in [-0.4, -0.2) is 0 Å². The van der Waals surface area contributed by atoms with Crippen molar-refractivity contribution in [2.24, 2.45) is 0 Å². The summed E-state index contributed by atoms with van der Waals surface area (Å²) in [5.41, 5.74) is 12.8. The summed E-state index contributed by atoms with van der Waals surface area (Å²) in [6.45, 7) is 1.88. The summed E-state index contributed by atoms with van der Waals surface area (Å²) in [5.74, 6) is -0.648. The average molecular weight is 314 g/mol. The Morgan fingerprint density at radius 3 is 2.30 bits per heavy atom. The monoisotopic (exact) mass is 313 g/mol. The normalized spacial score (nSPS) is 12.2. The Bertz CT molecular complexity index is 629. The molecule has 0 aliphatic rings. The van der Waals surface area contributed by atoms with Gasteiger partial charge in [0.2, 0.25) is 0 Å². The molecule has 0 spiro atoms. The third-order valence-corrected chi connectivity index (χ3v) is 3.63. The highest BCUT2D eigenvalue weighted by Gasteiger charge is 2.16. The molecule has 0 radical (unpaired) electrons. The minimum Gasteiger partial charge on any atom is -0.397 e. The van der Waals surface area contributed by atoms with Crippen LogP contribution in [0.25, 0.3) is 0 Å². The number of nitrogens with two attached hydrogens (primary N) is 2. The summed E-state index contributed by atoms with van der Waals surface area (Å²) in [4.78, 5) is 0. The first-order valence-corrected chi connectivity index (χ1v) is 6.70. The lowest BCUT2D eigenvalue weighted by atomic mass is 10.1. The first-order valence-electron chi connectivity index (χ1n) is 5.95. The second kappa shape index (κ2) is 5.77. The molecule has 0 aliphatic heterocycles. The number of nitrogen functional groups attached to an aromatic ring is 2. The molecule has 6 heteroatoms. The largest absolute Gasteiger partial charge is 0.397 e. The predicted octanol–water partition coefficient (Wildman–Crippen LogP) is 4.47. The van der Waals surface area contributed by atoms with E-state index in [-0.39, 0.29) is 28.1 Å². The van der Waals surface area contributed by atoms with Crippen molar-refractivity contribution in [1.29, 1.82) is 0 Å². The number of nitrogens with one attached hydrogen (secondary N) is 1. The molecular formula is C14H14Cl2FN3. The van der Waals surface area contributed by atoms with Crippen LogP contribution in [0.5, 0.6) is 0 Å². The van der Waals surface area contributed by atoms with Crippen LogP contribution in [0.15, 0.2) is 30.3 Å². The third kappa shape index (κ3) is 2.92. The Kier molecular flexibility index (Phi) is 4.26. The van der Waals surface area contributed by atoms with Crippen LogP contribution in [-0.2, 0) is 0 Å². The van der Waals surface area contributed by atoms with E-state index in [4.69, 9.17) is 34.7 Å². The molecule has 106 valence electrons. The number of hydrogen-bond acceptors (Lipinski definition) is 3. The van der Waals surface area contributed by atoms with Gasteiger partial charge in [-0.2, -0.15) is 0 Å². The third-order valence-electron chi connectivity index (χ3n) is 3.00. The zero-order valence-electron chi connectivity index (χ0n) is 10.8. The lowest BCUT2D eigenvalue weighted by molar-refractivity contribution is 0.629. The first-order chi connectivity index (χ1) is 9.40. The van der Waals surface area contributed by atoms with E-state index in [0.717, 1.165) is 5.56 Å². The van der Waals surface area contributed by atoms with Crippen LogP contribution in [0.1, 0.15) is 18.5 Å². The fraction of sp³-hybridized carbons (Fsp3) is 0.143. The van der Waals surface area contributed by atoms with Crippen molar-refractivity contribution >= 4 is 40.3 Å². The molecule has 3 nitrogen and oxygen atoms in total. The lowest BCUT2D eigenvalue weighted by Gasteiger charge is -2.19. The van der Waals surface area contributed by atoms with Gasteiger partial charge in [0.05, 0.1) is 17.1 Å². The number of benzene rings is 2. The Balaban J connectivity index is 2.30. The van der Waals surface area contributed by atoms with Crippen molar-refractivity contribution in [3.05, 3.63) is 51.8 Å². The van der Waals surface area contributed by atoms with Gasteiger partial charge in [-0.1, -0.05) is 35.3 Å². The molecule has 1 atom stereocenters. The van der Waals surface area contributed by atoms with Crippen LogP contribution >= 0.6 is 23.2 Å². The molecule has 2 aromatic rings. The molecule has 20 heavy (non-hydrogen) atoms. The number of anilines is 3. The maximum atomic E-state index is 14.1. The molecule has 0 aromatic heterocycles. The topological polar surface area (TPSA) is 64.1 Å². The highest BCUT2D eigenvalue weighted by atomic mass is 35.5. The maximum Gasteiger partial charge on any atom is 0.169 e. The molecular weight excluding hydrogens is 300 g/mol. The molecule has 0 saturated carbocycles. The molecule has 2 rings (SSSR count). The summed E-state index contributed by atoms with van der Waals surface area (Å²) in [5, 5.41) is 3.51. The molecule has 0 bridgehead atoms. The predicted molar refractivity (Wildman–Crippen MR) is 83.7 cm³/mol. The number of halogens is 3. The van der Waals surface area contributed by atoms with Gasteiger partial charge >= 0.3 is 0 Å². The second-order valence-corrected chi connectivity index (χ2v) is 5.29. The van der Waals surface area contributed by atoms with E-state index in [1.807, 2.05) is 19.1 Å². The minimum absolute atomic E-state index is 0.117. The summed E-state index contributed by atoms with van der Waals surface area (Å²) in [7, 11) is 0. The smallest absolute Gasteiger partial charge is 0.169 e. The zero-order valence-corrected chi connectivity index (χ0v) is 12.3. The summed E-state index contributed by atoms with van der Waals surface area (Å²) < 4.78 is 14.1. The van der Waals surface area contributed by atoms with Crippen LogP contribution < -0.4 is 16.8 Å². The molecule has 1 unspecified atom stereocenters. The molecule has 0 amide bonds. The quantitative estimate of drug-likeness (QED) is 0.732. The van der Waals surface area contributed by atoms with Gasteiger partial charge in [-0.05, 0) is 30.7 Å². The Labute approximate surface area is 126 Å². The Morgan fingerprint density at radius 1 is 1.10 bits per heavy atom. The second-order valence-electron chi connectivity index (χ2n) is 4.48. The SMILES string of the molecule is CC(Nc1c(N)cc(N)c(Cl)c1F)c1ccc(Cl)cc1. The van der Waals surface area contributed by atoms with E-state index in [1.165, 1.54) is 6.07 Å². The van der Waals surface area contributed by atoms with Crippen molar-refractivity contribution < 1.29 is 4.39 Å². The maximum absolute atomic E-state index is 14.1. The summed E-state index contributed by atoms with van der Waals surface area (Å²) in [6, 6.07) is 8.52.